The van der Waals surface area contributed by atoms with Crippen molar-refractivity contribution in [2.45, 2.75) is 45.6 Å². The number of aromatic nitrogens is 1. The molecule has 0 fully saturated rings. The lowest BCUT2D eigenvalue weighted by Gasteiger charge is -2.09. The van der Waals surface area contributed by atoms with Gasteiger partial charge >= 0.3 is 0 Å². The summed E-state index contributed by atoms with van der Waals surface area (Å²) in [5.74, 6) is 0. The third-order valence-electron chi connectivity index (χ3n) is 5.96. The number of nitrogens with zero attached hydrogens (tertiary/aromatic N) is 1. The molecule has 0 saturated heterocycles. The number of rotatable bonds is 8. The molecule has 0 aliphatic carbocycles. The van der Waals surface area contributed by atoms with E-state index in [0.29, 0.717) is 0 Å². The highest BCUT2D eigenvalue weighted by molar-refractivity contribution is 7.13. The molecule has 0 bridgehead atoms. The first kappa shape index (κ1) is 19.6. The molecule has 0 atom stereocenters. The van der Waals surface area contributed by atoms with Crippen LogP contribution in [0.2, 0.25) is 0 Å². The van der Waals surface area contributed by atoms with Crippen LogP contribution in [0.4, 0.5) is 0 Å². The molecule has 0 amide bonds. The van der Waals surface area contributed by atoms with E-state index in [1.54, 1.807) is 0 Å². The van der Waals surface area contributed by atoms with E-state index >= 15 is 0 Å². The van der Waals surface area contributed by atoms with Crippen LogP contribution in [0, 0.1) is 0 Å². The molecule has 3 heteroatoms. The third-order valence-corrected chi connectivity index (χ3v) is 7.80. The van der Waals surface area contributed by atoms with Crippen molar-refractivity contribution in [3.63, 3.8) is 0 Å². The van der Waals surface area contributed by atoms with E-state index in [-0.39, 0.29) is 0 Å². The van der Waals surface area contributed by atoms with E-state index in [2.05, 4.69) is 82.9 Å². The lowest BCUT2D eigenvalue weighted by molar-refractivity contribution is 0.584. The molecule has 0 aliphatic rings. The summed E-state index contributed by atoms with van der Waals surface area (Å²) in [5, 5.41) is 7.07. The Labute approximate surface area is 186 Å². The van der Waals surface area contributed by atoms with Gasteiger partial charge in [-0.05, 0) is 52.6 Å². The van der Waals surface area contributed by atoms with Gasteiger partial charge in [0.15, 0.2) is 0 Å². The normalized spacial score (nSPS) is 11.6. The van der Waals surface area contributed by atoms with Gasteiger partial charge in [0, 0.05) is 38.1 Å². The van der Waals surface area contributed by atoms with Crippen LogP contribution in [0.25, 0.3) is 42.7 Å². The minimum absolute atomic E-state index is 1.09. The molecule has 0 saturated carbocycles. The van der Waals surface area contributed by atoms with E-state index in [9.17, 15) is 0 Å². The largest absolute Gasteiger partial charge is 0.340 e. The van der Waals surface area contributed by atoms with Crippen molar-refractivity contribution in [2.75, 3.05) is 0 Å². The van der Waals surface area contributed by atoms with Gasteiger partial charge in [0.05, 0.1) is 0 Å². The van der Waals surface area contributed by atoms with Gasteiger partial charge in [-0.1, -0.05) is 69.0 Å². The van der Waals surface area contributed by atoms with Gasteiger partial charge in [0.1, 0.15) is 0 Å². The maximum absolute atomic E-state index is 2.57. The van der Waals surface area contributed by atoms with Crippen LogP contribution in [-0.2, 0) is 6.54 Å². The van der Waals surface area contributed by atoms with Crippen LogP contribution >= 0.6 is 22.7 Å². The molecule has 2 aromatic carbocycles. The van der Waals surface area contributed by atoms with Gasteiger partial charge < -0.3 is 4.57 Å². The SMILES string of the molecule is CCCCCCCn1c2cc(-c3cccs3)ccc2c2ccc(-c3cccs3)cc21. The lowest BCUT2D eigenvalue weighted by atomic mass is 10.1. The number of thiophene rings is 2. The molecule has 0 N–H and O–H groups in total. The molecule has 0 unspecified atom stereocenters. The average Bonchev–Trinajstić information content (AvgIpc) is 3.54. The van der Waals surface area contributed by atoms with Gasteiger partial charge in [-0.2, -0.15) is 0 Å². The first-order valence-electron chi connectivity index (χ1n) is 11.0. The molecule has 152 valence electrons. The van der Waals surface area contributed by atoms with Gasteiger partial charge in [-0.15, -0.1) is 22.7 Å². The molecule has 0 radical (unpaired) electrons. The second-order valence-corrected chi connectivity index (χ2v) is 9.88. The number of hydrogen-bond donors (Lipinski definition) is 0. The van der Waals surface area contributed by atoms with Crippen molar-refractivity contribution < 1.29 is 0 Å². The summed E-state index contributed by atoms with van der Waals surface area (Å²) in [7, 11) is 0. The highest BCUT2D eigenvalue weighted by Crippen LogP contribution is 2.36. The number of fused-ring (bicyclic) bond motifs is 3. The minimum Gasteiger partial charge on any atom is -0.340 e. The zero-order chi connectivity index (χ0) is 20.3. The predicted octanol–water partition coefficient (Wildman–Crippen LogP) is 9.22. The Morgan fingerprint density at radius 1 is 0.667 bits per heavy atom. The van der Waals surface area contributed by atoms with E-state index < -0.39 is 0 Å². The fourth-order valence-electron chi connectivity index (χ4n) is 4.40. The quantitative estimate of drug-likeness (QED) is 0.217. The minimum atomic E-state index is 1.09. The first-order chi connectivity index (χ1) is 14.8. The molecular formula is C27H27NS2. The second kappa shape index (κ2) is 8.79. The second-order valence-electron chi connectivity index (χ2n) is 7.98. The van der Waals surface area contributed by atoms with Crippen molar-refractivity contribution in [2.24, 2.45) is 0 Å². The fraction of sp³-hybridized carbons (Fsp3) is 0.259. The van der Waals surface area contributed by atoms with Crippen molar-refractivity contribution >= 4 is 44.5 Å². The van der Waals surface area contributed by atoms with Crippen molar-refractivity contribution in [1.82, 2.24) is 4.57 Å². The maximum atomic E-state index is 2.57. The van der Waals surface area contributed by atoms with Crippen LogP contribution in [0.1, 0.15) is 39.0 Å². The zero-order valence-corrected chi connectivity index (χ0v) is 19.1. The number of unbranched alkanes of at least 4 members (excludes halogenated alkanes) is 4. The van der Waals surface area contributed by atoms with Crippen LogP contribution in [0.3, 0.4) is 0 Å². The van der Waals surface area contributed by atoms with Crippen LogP contribution < -0.4 is 0 Å². The van der Waals surface area contributed by atoms with Crippen molar-refractivity contribution in [3.05, 3.63) is 71.4 Å². The molecule has 1 nitrogen and oxygen atoms in total. The Kier molecular flexibility index (Phi) is 5.74. The molecule has 3 heterocycles. The summed E-state index contributed by atoms with van der Waals surface area (Å²) in [6.07, 6.45) is 6.53. The summed E-state index contributed by atoms with van der Waals surface area (Å²) in [6, 6.07) is 22.7. The van der Waals surface area contributed by atoms with Gasteiger partial charge in [0.2, 0.25) is 0 Å². The van der Waals surface area contributed by atoms with Crippen molar-refractivity contribution in [3.8, 4) is 20.9 Å². The highest BCUT2D eigenvalue weighted by Gasteiger charge is 2.13. The maximum Gasteiger partial charge on any atom is 0.0497 e. The van der Waals surface area contributed by atoms with E-state index in [1.165, 1.54) is 74.8 Å². The standard InChI is InChI=1S/C27H27NS2/c1-2-3-4-5-6-15-28-24-18-20(26-9-7-16-29-26)11-13-22(24)23-14-12-21(19-25(23)28)27-10-8-17-30-27/h7-14,16-19H,2-6,15H2,1H3. The first-order valence-corrected chi connectivity index (χ1v) is 12.7. The Morgan fingerprint density at radius 3 is 1.73 bits per heavy atom. The number of benzene rings is 2. The Bertz CT molecular complexity index is 1150. The monoisotopic (exact) mass is 429 g/mol. The summed E-state index contributed by atoms with van der Waals surface area (Å²) in [5.41, 5.74) is 5.39. The van der Waals surface area contributed by atoms with Gasteiger partial charge in [-0.3, -0.25) is 0 Å². The predicted molar refractivity (Wildman–Crippen MR) is 135 cm³/mol. The average molecular weight is 430 g/mol. The smallest absolute Gasteiger partial charge is 0.0497 e. The van der Waals surface area contributed by atoms with E-state index in [1.807, 2.05) is 22.7 Å². The molecule has 30 heavy (non-hydrogen) atoms. The van der Waals surface area contributed by atoms with E-state index in [0.717, 1.165) is 6.54 Å². The summed E-state index contributed by atoms with van der Waals surface area (Å²) in [4.78, 5) is 2.69. The summed E-state index contributed by atoms with van der Waals surface area (Å²) < 4.78 is 2.57. The van der Waals surface area contributed by atoms with Gasteiger partial charge in [-0.25, -0.2) is 0 Å². The van der Waals surface area contributed by atoms with Crippen LogP contribution in [-0.4, -0.2) is 4.57 Å². The molecule has 5 rings (SSSR count). The van der Waals surface area contributed by atoms with Crippen LogP contribution in [0.5, 0.6) is 0 Å². The topological polar surface area (TPSA) is 4.93 Å². The molecule has 0 aliphatic heterocycles. The Hall–Kier alpha value is -2.36. The highest BCUT2D eigenvalue weighted by atomic mass is 32.1. The fourth-order valence-corrected chi connectivity index (χ4v) is 5.85. The van der Waals surface area contributed by atoms with Crippen LogP contribution in [0.15, 0.2) is 71.4 Å². The zero-order valence-electron chi connectivity index (χ0n) is 17.4. The molecule has 3 aromatic heterocycles. The molecular weight excluding hydrogens is 402 g/mol. The summed E-state index contributed by atoms with van der Waals surface area (Å²) in [6.45, 7) is 3.37. The lowest BCUT2D eigenvalue weighted by Crippen LogP contribution is -1.98. The third kappa shape index (κ3) is 3.73. The van der Waals surface area contributed by atoms with Gasteiger partial charge in [0.25, 0.3) is 0 Å². The Morgan fingerprint density at radius 2 is 1.23 bits per heavy atom. The molecule has 0 spiro atoms. The Balaban J connectivity index is 1.62. The number of hydrogen-bond acceptors (Lipinski definition) is 2. The van der Waals surface area contributed by atoms with E-state index in [4.69, 9.17) is 0 Å². The number of aryl methyl sites for hydroxylation is 1. The molecule has 5 aromatic rings. The summed E-state index contributed by atoms with van der Waals surface area (Å²) >= 11 is 3.63. The van der Waals surface area contributed by atoms with Crippen molar-refractivity contribution in [1.29, 1.82) is 0 Å².